The molecule has 3 heterocycles. The normalized spacial score (nSPS) is 16.9. The van der Waals surface area contributed by atoms with Crippen molar-refractivity contribution in [3.05, 3.63) is 30.0 Å². The molecule has 0 radical (unpaired) electrons. The van der Waals surface area contributed by atoms with Gasteiger partial charge < -0.3 is 20.5 Å². The third kappa shape index (κ3) is 3.13. The number of methoxy groups -OCH3 is 1. The molecule has 0 atom stereocenters. The molecule has 7 nitrogen and oxygen atoms in total. The van der Waals surface area contributed by atoms with Crippen LogP contribution in [0.3, 0.4) is 0 Å². The average molecular weight is 395 g/mol. The lowest BCUT2D eigenvalue weighted by Crippen LogP contribution is -2.48. The van der Waals surface area contributed by atoms with E-state index in [2.05, 4.69) is 15.0 Å². The third-order valence-corrected chi connectivity index (χ3v) is 5.92. The van der Waals surface area contributed by atoms with Crippen LogP contribution in [-0.4, -0.2) is 52.0 Å². The molecule has 1 saturated heterocycles. The number of hydrogen-bond acceptors (Lipinski definition) is 7. The van der Waals surface area contributed by atoms with Crippen LogP contribution in [0.25, 0.3) is 16.2 Å². The molecule has 1 aliphatic heterocycles. The van der Waals surface area contributed by atoms with Gasteiger partial charge in [-0.25, -0.2) is 18.3 Å². The van der Waals surface area contributed by atoms with Crippen molar-refractivity contribution in [2.75, 3.05) is 31.6 Å². The van der Waals surface area contributed by atoms with Gasteiger partial charge in [-0.1, -0.05) is 11.3 Å². The van der Waals surface area contributed by atoms with Crippen LogP contribution in [0.4, 0.5) is 13.9 Å². The van der Waals surface area contributed by atoms with Gasteiger partial charge in [-0.2, -0.15) is 0 Å². The highest BCUT2D eigenvalue weighted by molar-refractivity contribution is 7.20. The van der Waals surface area contributed by atoms with E-state index in [0.717, 1.165) is 17.3 Å². The van der Waals surface area contributed by atoms with E-state index in [1.165, 1.54) is 18.4 Å². The summed E-state index contributed by atoms with van der Waals surface area (Å²) < 4.78 is 34.1. The van der Waals surface area contributed by atoms with Gasteiger partial charge in [0, 0.05) is 31.3 Å². The minimum atomic E-state index is -0.976. The molecule has 2 aromatic heterocycles. The van der Waals surface area contributed by atoms with Gasteiger partial charge in [-0.15, -0.1) is 5.10 Å². The highest BCUT2D eigenvalue weighted by Gasteiger charge is 2.32. The van der Waals surface area contributed by atoms with E-state index in [9.17, 15) is 13.9 Å². The van der Waals surface area contributed by atoms with Gasteiger partial charge in [0.25, 0.3) is 0 Å². The van der Waals surface area contributed by atoms with Crippen molar-refractivity contribution in [3.63, 3.8) is 0 Å². The lowest BCUT2D eigenvalue weighted by Gasteiger charge is -2.37. The fourth-order valence-corrected chi connectivity index (χ4v) is 4.14. The van der Waals surface area contributed by atoms with E-state index in [1.807, 2.05) is 0 Å². The van der Waals surface area contributed by atoms with E-state index in [0.29, 0.717) is 42.1 Å². The lowest BCUT2D eigenvalue weighted by atomic mass is 9.92. The first-order valence-corrected chi connectivity index (χ1v) is 9.31. The first-order valence-electron chi connectivity index (χ1n) is 8.49. The second kappa shape index (κ2) is 6.70. The van der Waals surface area contributed by atoms with E-state index >= 15 is 0 Å². The van der Waals surface area contributed by atoms with Crippen molar-refractivity contribution in [1.82, 2.24) is 14.6 Å². The summed E-state index contributed by atoms with van der Waals surface area (Å²) in [6, 6.07) is 2.09. The van der Waals surface area contributed by atoms with Crippen LogP contribution in [0.15, 0.2) is 18.3 Å². The summed E-state index contributed by atoms with van der Waals surface area (Å²) in [5.74, 6) is -1.74. The number of piperidine rings is 1. The Labute approximate surface area is 158 Å². The molecule has 1 aliphatic rings. The number of aliphatic hydroxyl groups is 1. The Morgan fingerprint density at radius 1 is 1.30 bits per heavy atom. The fraction of sp³-hybridized carbons (Fsp3) is 0.412. The summed E-state index contributed by atoms with van der Waals surface area (Å²) in [7, 11) is 1.40. The first-order chi connectivity index (χ1) is 12.9. The zero-order chi connectivity index (χ0) is 19.2. The molecule has 1 aromatic carbocycles. The van der Waals surface area contributed by atoms with Crippen LogP contribution >= 0.6 is 11.3 Å². The molecule has 4 rings (SSSR count). The minimum absolute atomic E-state index is 0.205. The summed E-state index contributed by atoms with van der Waals surface area (Å²) >= 11 is 1.39. The maximum atomic E-state index is 13.8. The van der Waals surface area contributed by atoms with Gasteiger partial charge in [-0.05, 0) is 18.9 Å². The predicted octanol–water partition coefficient (Wildman–Crippen LogP) is 2.03. The van der Waals surface area contributed by atoms with Crippen molar-refractivity contribution in [3.8, 4) is 17.0 Å². The maximum absolute atomic E-state index is 13.8. The second-order valence-electron chi connectivity index (χ2n) is 6.60. The summed E-state index contributed by atoms with van der Waals surface area (Å²) in [5.41, 5.74) is 5.70. The van der Waals surface area contributed by atoms with Crippen molar-refractivity contribution in [2.45, 2.75) is 18.4 Å². The predicted molar refractivity (Wildman–Crippen MR) is 98.2 cm³/mol. The summed E-state index contributed by atoms with van der Waals surface area (Å²) in [6.45, 7) is 1.50. The van der Waals surface area contributed by atoms with E-state index < -0.39 is 17.2 Å². The van der Waals surface area contributed by atoms with Crippen molar-refractivity contribution in [2.24, 2.45) is 5.73 Å². The standard InChI is InChI=1S/C17H19F2N5O2S/c1-26-14-7-12(19)11(18)6-10(14)13-8-21-15-24(13)22-16(27-15)23-4-2-17(25,9-20)3-5-23/h6-8,25H,2-5,9,20H2,1H3. The first kappa shape index (κ1) is 18.1. The van der Waals surface area contributed by atoms with Crippen LogP contribution in [0, 0.1) is 11.6 Å². The monoisotopic (exact) mass is 395 g/mol. The molecule has 0 spiro atoms. The Bertz CT molecular complexity index is 981. The summed E-state index contributed by atoms with van der Waals surface area (Å²) in [5, 5.41) is 15.6. The molecule has 0 bridgehead atoms. The van der Waals surface area contributed by atoms with Crippen molar-refractivity contribution >= 4 is 21.4 Å². The van der Waals surface area contributed by atoms with Gasteiger partial charge >= 0.3 is 0 Å². The molecule has 3 N–H and O–H groups in total. The smallest absolute Gasteiger partial charge is 0.214 e. The van der Waals surface area contributed by atoms with Crippen LogP contribution < -0.4 is 15.4 Å². The number of benzene rings is 1. The highest BCUT2D eigenvalue weighted by atomic mass is 32.1. The van der Waals surface area contributed by atoms with Crippen molar-refractivity contribution in [1.29, 1.82) is 0 Å². The molecule has 144 valence electrons. The number of imidazole rings is 1. The van der Waals surface area contributed by atoms with Gasteiger partial charge in [0.2, 0.25) is 10.1 Å². The van der Waals surface area contributed by atoms with Crippen LogP contribution in [0.5, 0.6) is 5.75 Å². The van der Waals surface area contributed by atoms with Crippen molar-refractivity contribution < 1.29 is 18.6 Å². The number of nitrogens with two attached hydrogens (primary N) is 1. The zero-order valence-electron chi connectivity index (χ0n) is 14.7. The summed E-state index contributed by atoms with van der Waals surface area (Å²) in [4.78, 5) is 7.03. The van der Waals surface area contributed by atoms with E-state index in [1.54, 1.807) is 10.7 Å². The SMILES string of the molecule is COc1cc(F)c(F)cc1-c1cnc2sc(N3CCC(O)(CN)CC3)nn12. The number of nitrogens with zero attached hydrogens (tertiary/aromatic N) is 4. The second-order valence-corrected chi connectivity index (χ2v) is 7.54. The molecular formula is C17H19F2N5O2S. The Balaban J connectivity index is 1.69. The van der Waals surface area contributed by atoms with Gasteiger partial charge in [0.1, 0.15) is 5.75 Å². The molecule has 1 fully saturated rings. The average Bonchev–Trinajstić information content (AvgIpc) is 3.25. The number of halogens is 2. The molecule has 0 aliphatic carbocycles. The molecule has 0 unspecified atom stereocenters. The molecule has 3 aromatic rings. The fourth-order valence-electron chi connectivity index (χ4n) is 3.21. The van der Waals surface area contributed by atoms with Crippen LogP contribution in [-0.2, 0) is 0 Å². The quantitative estimate of drug-likeness (QED) is 0.703. The topological polar surface area (TPSA) is 88.9 Å². The van der Waals surface area contributed by atoms with Gasteiger partial charge in [-0.3, -0.25) is 0 Å². The molecule has 27 heavy (non-hydrogen) atoms. The van der Waals surface area contributed by atoms with Crippen LogP contribution in [0.1, 0.15) is 12.8 Å². The Kier molecular flexibility index (Phi) is 4.49. The number of aromatic nitrogens is 3. The molecule has 10 heteroatoms. The Morgan fingerprint density at radius 2 is 2.00 bits per heavy atom. The number of hydrogen-bond donors (Lipinski definition) is 2. The van der Waals surface area contributed by atoms with Gasteiger partial charge in [0.15, 0.2) is 11.6 Å². The van der Waals surface area contributed by atoms with E-state index in [4.69, 9.17) is 10.5 Å². The molecule has 0 amide bonds. The lowest BCUT2D eigenvalue weighted by molar-refractivity contribution is 0.0249. The van der Waals surface area contributed by atoms with Crippen LogP contribution in [0.2, 0.25) is 0 Å². The number of fused-ring (bicyclic) bond motifs is 1. The number of anilines is 1. The zero-order valence-corrected chi connectivity index (χ0v) is 15.5. The molecule has 0 saturated carbocycles. The largest absolute Gasteiger partial charge is 0.496 e. The van der Waals surface area contributed by atoms with Gasteiger partial charge in [0.05, 0.1) is 24.6 Å². The Morgan fingerprint density at radius 3 is 2.67 bits per heavy atom. The van der Waals surface area contributed by atoms with E-state index in [-0.39, 0.29) is 12.3 Å². The Hall–Kier alpha value is -2.30. The summed E-state index contributed by atoms with van der Waals surface area (Å²) in [6.07, 6.45) is 2.69. The highest BCUT2D eigenvalue weighted by Crippen LogP contribution is 2.35. The number of ether oxygens (including phenoxy) is 1. The minimum Gasteiger partial charge on any atom is -0.496 e. The number of rotatable bonds is 4. The third-order valence-electron chi connectivity index (χ3n) is 4.94. The molecular weight excluding hydrogens is 376 g/mol. The maximum Gasteiger partial charge on any atom is 0.214 e.